The summed E-state index contributed by atoms with van der Waals surface area (Å²) in [7, 11) is 0. The van der Waals surface area contributed by atoms with Gasteiger partial charge in [-0.15, -0.1) is 11.3 Å². The van der Waals surface area contributed by atoms with Crippen LogP contribution in [-0.4, -0.2) is 22.4 Å². The molecule has 3 aromatic rings. The maximum atomic E-state index is 8.58. The zero-order valence-electron chi connectivity index (χ0n) is 13.6. The number of nitrogen functional groups attached to an aromatic ring is 1. The van der Waals surface area contributed by atoms with E-state index in [4.69, 9.17) is 27.1 Å². The molecule has 1 amide bonds. The average molecular weight is 376 g/mol. The van der Waals surface area contributed by atoms with Crippen molar-refractivity contribution in [2.75, 3.05) is 11.1 Å². The topological polar surface area (TPSA) is 107 Å². The van der Waals surface area contributed by atoms with Crippen molar-refractivity contribution in [3.05, 3.63) is 34.2 Å². The normalized spacial score (nSPS) is 13.2. The summed E-state index contributed by atoms with van der Waals surface area (Å²) in [5.74, 6) is 0.672. The zero-order valence-corrected chi connectivity index (χ0v) is 15.2. The van der Waals surface area contributed by atoms with Gasteiger partial charge >= 0.3 is 0 Å². The molecule has 8 heteroatoms. The number of fused-ring (bicyclic) bond motifs is 1. The van der Waals surface area contributed by atoms with Crippen molar-refractivity contribution < 1.29 is 4.79 Å². The number of halogens is 1. The Morgan fingerprint density at radius 1 is 1.36 bits per heavy atom. The van der Waals surface area contributed by atoms with Gasteiger partial charge in [-0.1, -0.05) is 23.7 Å². The molecule has 0 atom stereocenters. The quantitative estimate of drug-likeness (QED) is 0.606. The summed E-state index contributed by atoms with van der Waals surface area (Å²) >= 11 is 7.74. The number of anilines is 2. The lowest BCUT2D eigenvalue weighted by Gasteiger charge is -2.08. The number of nitrogens with zero attached hydrogens (tertiary/aromatic N) is 2. The number of aryl methyl sites for hydroxylation is 1. The van der Waals surface area contributed by atoms with E-state index in [9.17, 15) is 0 Å². The van der Waals surface area contributed by atoms with Crippen molar-refractivity contribution >= 4 is 51.2 Å². The van der Waals surface area contributed by atoms with Gasteiger partial charge in [0.1, 0.15) is 4.83 Å². The van der Waals surface area contributed by atoms with Crippen LogP contribution in [0.15, 0.2) is 24.3 Å². The SMILES string of the molecule is Cc1sc2nc(NC3CC3)nc(-c3cccc(Cl)c3)c2c1N.NC=O. The standard InChI is InChI=1S/C16H15ClN4S.CH3NO/c1-8-13(18)12-14(9-3-2-4-10(17)7-9)20-16(19-11-5-6-11)21-15(12)22-8;2-1-3/h2-4,7,11H,5-6,18H2,1H3,(H,19,20,21);1H,(H2,2,3). The van der Waals surface area contributed by atoms with Crippen LogP contribution in [0.5, 0.6) is 0 Å². The van der Waals surface area contributed by atoms with E-state index in [1.807, 2.05) is 31.2 Å². The average Bonchev–Trinajstić information content (AvgIpc) is 3.33. The number of rotatable bonds is 3. The Kier molecular flexibility index (Phi) is 5.06. The summed E-state index contributed by atoms with van der Waals surface area (Å²) in [4.78, 5) is 19.9. The summed E-state index contributed by atoms with van der Waals surface area (Å²) in [6.07, 6.45) is 2.61. The number of hydrogen-bond acceptors (Lipinski definition) is 6. The molecule has 25 heavy (non-hydrogen) atoms. The monoisotopic (exact) mass is 375 g/mol. The van der Waals surface area contributed by atoms with Crippen molar-refractivity contribution in [2.24, 2.45) is 5.73 Å². The second-order valence-corrected chi connectivity index (χ2v) is 7.35. The fourth-order valence-corrected chi connectivity index (χ4v) is 3.59. The third-order valence-corrected chi connectivity index (χ3v) is 5.03. The van der Waals surface area contributed by atoms with E-state index < -0.39 is 0 Å². The van der Waals surface area contributed by atoms with Crippen LogP contribution >= 0.6 is 22.9 Å². The summed E-state index contributed by atoms with van der Waals surface area (Å²) in [6, 6.07) is 8.20. The van der Waals surface area contributed by atoms with E-state index >= 15 is 0 Å². The molecular weight excluding hydrogens is 358 g/mol. The fourth-order valence-electron chi connectivity index (χ4n) is 2.45. The second-order valence-electron chi connectivity index (χ2n) is 5.71. The molecule has 0 spiro atoms. The van der Waals surface area contributed by atoms with Gasteiger partial charge in [-0.2, -0.15) is 0 Å². The lowest BCUT2D eigenvalue weighted by Crippen LogP contribution is -2.06. The maximum Gasteiger partial charge on any atom is 0.224 e. The third kappa shape index (κ3) is 3.83. The number of nitrogens with two attached hydrogens (primary N) is 2. The predicted molar refractivity (Wildman–Crippen MR) is 104 cm³/mol. The Bertz CT molecular complexity index is 923. The largest absolute Gasteiger partial charge is 0.397 e. The van der Waals surface area contributed by atoms with E-state index in [-0.39, 0.29) is 6.41 Å². The molecule has 0 saturated heterocycles. The van der Waals surface area contributed by atoms with Crippen LogP contribution in [0, 0.1) is 6.92 Å². The molecule has 1 aliphatic rings. The highest BCUT2D eigenvalue weighted by atomic mass is 35.5. The Balaban J connectivity index is 0.000000569. The van der Waals surface area contributed by atoms with Crippen LogP contribution in [0.4, 0.5) is 11.6 Å². The van der Waals surface area contributed by atoms with Gasteiger partial charge in [-0.25, -0.2) is 9.97 Å². The molecular formula is C17H18ClN5OS. The van der Waals surface area contributed by atoms with Gasteiger partial charge in [0, 0.05) is 21.5 Å². The van der Waals surface area contributed by atoms with Gasteiger partial charge in [-0.05, 0) is 31.9 Å². The molecule has 0 radical (unpaired) electrons. The second kappa shape index (κ2) is 7.25. The van der Waals surface area contributed by atoms with Crippen LogP contribution in [0.3, 0.4) is 0 Å². The van der Waals surface area contributed by atoms with Crippen molar-refractivity contribution in [1.29, 1.82) is 0 Å². The van der Waals surface area contributed by atoms with Crippen molar-refractivity contribution in [3.63, 3.8) is 0 Å². The molecule has 2 heterocycles. The van der Waals surface area contributed by atoms with Gasteiger partial charge < -0.3 is 16.8 Å². The molecule has 0 aliphatic heterocycles. The first-order valence-corrected chi connectivity index (χ1v) is 8.97. The Labute approximate surface area is 154 Å². The fraction of sp³-hybridized carbons (Fsp3) is 0.235. The maximum absolute atomic E-state index is 8.58. The van der Waals surface area contributed by atoms with Crippen LogP contribution < -0.4 is 16.8 Å². The number of amides is 1. The number of primary amides is 1. The van der Waals surface area contributed by atoms with Crippen LogP contribution in [0.2, 0.25) is 5.02 Å². The molecule has 1 aliphatic carbocycles. The molecule has 1 saturated carbocycles. The molecule has 130 valence electrons. The summed E-state index contributed by atoms with van der Waals surface area (Å²) in [5, 5.41) is 4.98. The number of hydrogen-bond donors (Lipinski definition) is 3. The summed E-state index contributed by atoms with van der Waals surface area (Å²) < 4.78 is 0. The van der Waals surface area contributed by atoms with Gasteiger partial charge in [0.15, 0.2) is 0 Å². The van der Waals surface area contributed by atoms with Gasteiger partial charge in [0.05, 0.1) is 16.8 Å². The van der Waals surface area contributed by atoms with E-state index in [1.165, 1.54) is 12.8 Å². The van der Waals surface area contributed by atoms with Gasteiger partial charge in [-0.3, -0.25) is 4.79 Å². The number of aromatic nitrogens is 2. The van der Waals surface area contributed by atoms with Crippen molar-refractivity contribution in [1.82, 2.24) is 9.97 Å². The smallest absolute Gasteiger partial charge is 0.224 e. The summed E-state index contributed by atoms with van der Waals surface area (Å²) in [6.45, 7) is 2.01. The molecule has 0 unspecified atom stereocenters. The zero-order chi connectivity index (χ0) is 18.0. The predicted octanol–water partition coefficient (Wildman–Crippen LogP) is 3.58. The van der Waals surface area contributed by atoms with Crippen LogP contribution in [0.1, 0.15) is 17.7 Å². The van der Waals surface area contributed by atoms with Gasteiger partial charge in [0.25, 0.3) is 0 Å². The molecule has 2 aromatic heterocycles. The molecule has 1 fully saturated rings. The number of nitrogens with one attached hydrogen (secondary N) is 1. The van der Waals surface area contributed by atoms with Crippen LogP contribution in [0.25, 0.3) is 21.5 Å². The lowest BCUT2D eigenvalue weighted by atomic mass is 10.1. The van der Waals surface area contributed by atoms with Crippen molar-refractivity contribution in [2.45, 2.75) is 25.8 Å². The highest BCUT2D eigenvalue weighted by Gasteiger charge is 2.23. The molecule has 4 rings (SSSR count). The Hall–Kier alpha value is -2.38. The van der Waals surface area contributed by atoms with Crippen LogP contribution in [-0.2, 0) is 4.79 Å². The summed E-state index contributed by atoms with van der Waals surface area (Å²) in [5.41, 5.74) is 13.0. The first-order valence-electron chi connectivity index (χ1n) is 7.78. The number of carbonyl (C=O) groups is 1. The van der Waals surface area contributed by atoms with Crippen molar-refractivity contribution in [3.8, 4) is 11.3 Å². The minimum absolute atomic E-state index is 0.250. The first kappa shape index (κ1) is 17.4. The highest BCUT2D eigenvalue weighted by molar-refractivity contribution is 7.19. The molecule has 6 nitrogen and oxygen atoms in total. The minimum atomic E-state index is 0.250. The Morgan fingerprint density at radius 2 is 2.08 bits per heavy atom. The van der Waals surface area contributed by atoms with E-state index in [2.05, 4.69) is 16.0 Å². The lowest BCUT2D eigenvalue weighted by molar-refractivity contribution is -0.106. The molecule has 5 N–H and O–H groups in total. The Morgan fingerprint density at radius 3 is 2.72 bits per heavy atom. The van der Waals surface area contributed by atoms with E-state index in [0.29, 0.717) is 17.0 Å². The third-order valence-electron chi connectivity index (χ3n) is 3.78. The van der Waals surface area contributed by atoms with Gasteiger partial charge in [0.2, 0.25) is 12.4 Å². The highest BCUT2D eigenvalue weighted by Crippen LogP contribution is 2.39. The number of thiophene rings is 1. The molecule has 1 aromatic carbocycles. The minimum Gasteiger partial charge on any atom is -0.397 e. The number of carbonyl (C=O) groups excluding carboxylic acids is 1. The van der Waals surface area contributed by atoms with E-state index in [1.54, 1.807) is 11.3 Å². The molecule has 0 bridgehead atoms. The van der Waals surface area contributed by atoms with E-state index in [0.717, 1.165) is 32.0 Å². The number of benzene rings is 1. The first-order chi connectivity index (χ1) is 12.0.